The molecule has 1 fully saturated rings. The molecular formula is C33H30FN5O2. The fourth-order valence-electron chi connectivity index (χ4n) is 6.30. The number of H-pyrrole nitrogens is 1. The molecule has 2 aromatic heterocycles. The maximum atomic E-state index is 13.9. The van der Waals surface area contributed by atoms with Gasteiger partial charge in [-0.05, 0) is 61.4 Å². The van der Waals surface area contributed by atoms with Crippen LogP contribution in [0.5, 0.6) is 0 Å². The lowest BCUT2D eigenvalue weighted by Crippen LogP contribution is -2.30. The highest BCUT2D eigenvalue weighted by molar-refractivity contribution is 6.15. The van der Waals surface area contributed by atoms with Crippen molar-refractivity contribution >= 4 is 44.4 Å². The molecule has 1 saturated carbocycles. The number of carbonyl (C=O) groups excluding carboxylic acids is 1. The second-order valence-electron chi connectivity index (χ2n) is 10.9. The lowest BCUT2D eigenvalue weighted by molar-refractivity contribution is 0.0763. The van der Waals surface area contributed by atoms with E-state index in [1.807, 2.05) is 36.4 Å². The number of para-hydroxylation sites is 1. The summed E-state index contributed by atoms with van der Waals surface area (Å²) in [4.78, 5) is 20.4. The Balaban J connectivity index is 1.38. The normalized spacial score (nSPS) is 17.4. The zero-order valence-corrected chi connectivity index (χ0v) is 22.4. The molecule has 1 aliphatic carbocycles. The topological polar surface area (TPSA) is 109 Å². The summed E-state index contributed by atoms with van der Waals surface area (Å²) in [5.41, 5.74) is 11.9. The van der Waals surface area contributed by atoms with Crippen LogP contribution in [0, 0.1) is 11.7 Å². The van der Waals surface area contributed by atoms with E-state index in [0.717, 1.165) is 58.7 Å². The Kier molecular flexibility index (Phi) is 6.20. The van der Waals surface area contributed by atoms with Gasteiger partial charge in [0.2, 0.25) is 0 Å². The Bertz CT molecular complexity index is 1940. The van der Waals surface area contributed by atoms with E-state index >= 15 is 0 Å². The van der Waals surface area contributed by atoms with E-state index in [2.05, 4.69) is 33.1 Å². The number of nitrogens with one attached hydrogen (secondary N) is 2. The minimum Gasteiger partial charge on any atom is -0.393 e. The number of primary amides is 1. The molecule has 4 aromatic carbocycles. The third-order valence-electron chi connectivity index (χ3n) is 8.35. The standard InChI is InChI=1S/C33H30FN5O2/c34-20-12-15-25-27(16-20)38-33(37-25)24-8-5-10-29-31(24)23-7-2-3-9-28(23)39(29)21-13-14-22(32(35)41)26(17-21)36-18-19-6-1-4-11-30(19)40/h2-3,5,7-10,12-17,19,30,36,40H,1,4,6,11,18H2,(H2,35,41)(H,37,38). The molecule has 5 N–H and O–H groups in total. The number of aliphatic hydroxyl groups is 1. The quantitative estimate of drug-likeness (QED) is 0.190. The number of hydrogen-bond acceptors (Lipinski definition) is 4. The Labute approximate surface area is 235 Å². The number of nitrogens with two attached hydrogens (primary N) is 1. The molecule has 2 atom stereocenters. The van der Waals surface area contributed by atoms with Crippen LogP contribution in [0.2, 0.25) is 0 Å². The SMILES string of the molecule is NC(=O)c1ccc(-n2c3ccccc3c3c(-c4nc5ccc(F)cc5[nH]4)cccc32)cc1NCC1CCCCC1O. The number of fused-ring (bicyclic) bond motifs is 4. The number of anilines is 1. The van der Waals surface area contributed by atoms with E-state index in [-0.39, 0.29) is 17.8 Å². The van der Waals surface area contributed by atoms with Crippen LogP contribution in [0.4, 0.5) is 10.1 Å². The van der Waals surface area contributed by atoms with Crippen molar-refractivity contribution < 1.29 is 14.3 Å². The van der Waals surface area contributed by atoms with Crippen LogP contribution in [-0.2, 0) is 0 Å². The minimum atomic E-state index is -0.505. The Morgan fingerprint density at radius 1 is 1.02 bits per heavy atom. The fourth-order valence-corrected chi connectivity index (χ4v) is 6.30. The molecule has 1 amide bonds. The number of halogens is 1. The highest BCUT2D eigenvalue weighted by Gasteiger charge is 2.24. The van der Waals surface area contributed by atoms with Gasteiger partial charge in [0.25, 0.3) is 5.91 Å². The van der Waals surface area contributed by atoms with Gasteiger partial charge in [0.1, 0.15) is 11.6 Å². The number of hydrogen-bond donors (Lipinski definition) is 4. The second-order valence-corrected chi connectivity index (χ2v) is 10.9. The lowest BCUT2D eigenvalue weighted by Gasteiger charge is -2.28. The second kappa shape index (κ2) is 10.1. The minimum absolute atomic E-state index is 0.126. The van der Waals surface area contributed by atoms with Crippen molar-refractivity contribution in [3.8, 4) is 17.1 Å². The average molecular weight is 548 g/mol. The van der Waals surface area contributed by atoms with Crippen LogP contribution < -0.4 is 11.1 Å². The van der Waals surface area contributed by atoms with E-state index in [1.165, 1.54) is 12.1 Å². The first-order valence-corrected chi connectivity index (χ1v) is 14.0. The number of rotatable bonds is 6. The Hall–Kier alpha value is -4.69. The van der Waals surface area contributed by atoms with Crippen molar-refractivity contribution in [3.05, 3.63) is 90.2 Å². The average Bonchev–Trinajstić information content (AvgIpc) is 3.55. The molecule has 1 aliphatic rings. The summed E-state index contributed by atoms with van der Waals surface area (Å²) in [5, 5.41) is 16.0. The van der Waals surface area contributed by atoms with Crippen molar-refractivity contribution in [1.82, 2.24) is 14.5 Å². The van der Waals surface area contributed by atoms with Crippen molar-refractivity contribution in [2.24, 2.45) is 11.7 Å². The van der Waals surface area contributed by atoms with Crippen LogP contribution in [0.15, 0.2) is 78.9 Å². The molecule has 2 unspecified atom stereocenters. The highest BCUT2D eigenvalue weighted by atomic mass is 19.1. The summed E-state index contributed by atoms with van der Waals surface area (Å²) in [5.74, 6) is -0.0313. The smallest absolute Gasteiger partial charge is 0.250 e. The lowest BCUT2D eigenvalue weighted by atomic mass is 9.86. The van der Waals surface area contributed by atoms with Gasteiger partial charge in [-0.15, -0.1) is 0 Å². The number of amides is 1. The van der Waals surface area contributed by atoms with Crippen LogP contribution in [-0.4, -0.2) is 38.2 Å². The van der Waals surface area contributed by atoms with E-state index in [4.69, 9.17) is 10.7 Å². The van der Waals surface area contributed by atoms with Crippen LogP contribution in [0.3, 0.4) is 0 Å². The number of aromatic nitrogens is 3. The first-order valence-electron chi connectivity index (χ1n) is 14.0. The molecule has 0 bridgehead atoms. The molecule has 0 spiro atoms. The number of aromatic amines is 1. The van der Waals surface area contributed by atoms with E-state index < -0.39 is 5.91 Å². The highest BCUT2D eigenvalue weighted by Crippen LogP contribution is 2.39. The molecule has 0 aliphatic heterocycles. The zero-order chi connectivity index (χ0) is 28.1. The van der Waals surface area contributed by atoms with Gasteiger partial charge in [0.15, 0.2) is 0 Å². The number of carbonyl (C=O) groups is 1. The first kappa shape index (κ1) is 25.3. The summed E-state index contributed by atoms with van der Waals surface area (Å²) in [6.07, 6.45) is 3.54. The van der Waals surface area contributed by atoms with Gasteiger partial charge in [-0.1, -0.05) is 43.2 Å². The number of aliphatic hydroxyl groups excluding tert-OH is 1. The summed E-state index contributed by atoms with van der Waals surface area (Å²) < 4.78 is 16.1. The van der Waals surface area contributed by atoms with E-state index in [1.54, 1.807) is 12.1 Å². The van der Waals surface area contributed by atoms with Crippen molar-refractivity contribution in [1.29, 1.82) is 0 Å². The molecule has 206 valence electrons. The summed E-state index contributed by atoms with van der Waals surface area (Å²) in [6, 6.07) is 24.4. The molecule has 6 aromatic rings. The van der Waals surface area contributed by atoms with Gasteiger partial charge >= 0.3 is 0 Å². The molecule has 41 heavy (non-hydrogen) atoms. The largest absolute Gasteiger partial charge is 0.393 e. The number of benzene rings is 4. The van der Waals surface area contributed by atoms with Gasteiger partial charge in [0.05, 0.1) is 33.7 Å². The van der Waals surface area contributed by atoms with Gasteiger partial charge in [-0.25, -0.2) is 9.37 Å². The van der Waals surface area contributed by atoms with Gasteiger partial charge < -0.3 is 25.7 Å². The van der Waals surface area contributed by atoms with Crippen molar-refractivity contribution in [3.63, 3.8) is 0 Å². The third kappa shape index (κ3) is 4.40. The fraction of sp³-hybridized carbons (Fsp3) is 0.212. The van der Waals surface area contributed by atoms with Crippen LogP contribution >= 0.6 is 0 Å². The van der Waals surface area contributed by atoms with Crippen LogP contribution in [0.25, 0.3) is 49.9 Å². The van der Waals surface area contributed by atoms with Gasteiger partial charge in [-0.3, -0.25) is 4.79 Å². The van der Waals surface area contributed by atoms with E-state index in [0.29, 0.717) is 34.7 Å². The molecule has 2 heterocycles. The maximum absolute atomic E-state index is 13.9. The van der Waals surface area contributed by atoms with Crippen molar-refractivity contribution in [2.45, 2.75) is 31.8 Å². The monoisotopic (exact) mass is 547 g/mol. The first-order chi connectivity index (χ1) is 20.0. The third-order valence-corrected chi connectivity index (χ3v) is 8.35. The molecule has 7 nitrogen and oxygen atoms in total. The molecule has 8 heteroatoms. The number of nitrogens with zero attached hydrogens (tertiary/aromatic N) is 2. The van der Waals surface area contributed by atoms with Crippen LogP contribution in [0.1, 0.15) is 36.0 Å². The van der Waals surface area contributed by atoms with Gasteiger partial charge in [-0.2, -0.15) is 0 Å². The number of imidazole rings is 1. The predicted octanol–water partition coefficient (Wildman–Crippen LogP) is 6.53. The Morgan fingerprint density at radius 2 is 1.85 bits per heavy atom. The van der Waals surface area contributed by atoms with Crippen molar-refractivity contribution in [2.75, 3.05) is 11.9 Å². The summed E-state index contributed by atoms with van der Waals surface area (Å²) >= 11 is 0. The molecule has 7 rings (SSSR count). The molecule has 0 saturated heterocycles. The summed E-state index contributed by atoms with van der Waals surface area (Å²) in [6.45, 7) is 0.564. The van der Waals surface area contributed by atoms with Gasteiger partial charge in [0, 0.05) is 40.2 Å². The van der Waals surface area contributed by atoms with E-state index in [9.17, 15) is 14.3 Å². The maximum Gasteiger partial charge on any atom is 0.250 e. The Morgan fingerprint density at radius 3 is 2.71 bits per heavy atom. The zero-order valence-electron chi connectivity index (χ0n) is 22.4. The molecule has 0 radical (unpaired) electrons. The summed E-state index contributed by atoms with van der Waals surface area (Å²) in [7, 11) is 0. The predicted molar refractivity (Wildman–Crippen MR) is 161 cm³/mol. The molecular weight excluding hydrogens is 517 g/mol.